The van der Waals surface area contributed by atoms with Crippen molar-refractivity contribution < 1.29 is 9.90 Å². The normalized spacial score (nSPS) is 10.6. The average molecular weight is 259 g/mol. The highest BCUT2D eigenvalue weighted by molar-refractivity contribution is 5.95. The molecular formula is C16H21NO2. The van der Waals surface area contributed by atoms with Crippen LogP contribution in [0.25, 0.3) is 0 Å². The molecule has 0 bridgehead atoms. The second kappa shape index (κ2) is 6.40. The van der Waals surface area contributed by atoms with Gasteiger partial charge in [0.25, 0.3) is 5.91 Å². The lowest BCUT2D eigenvalue weighted by Gasteiger charge is -2.24. The number of aryl methyl sites for hydroxylation is 1. The third-order valence-electron chi connectivity index (χ3n) is 2.99. The van der Waals surface area contributed by atoms with Gasteiger partial charge in [0.15, 0.2) is 0 Å². The van der Waals surface area contributed by atoms with Gasteiger partial charge in [0.2, 0.25) is 0 Å². The van der Waals surface area contributed by atoms with Crippen LogP contribution in [-0.4, -0.2) is 23.2 Å². The zero-order chi connectivity index (χ0) is 14.5. The molecule has 0 aliphatic carbocycles. The molecule has 0 heterocycles. The van der Waals surface area contributed by atoms with Crippen LogP contribution in [0.15, 0.2) is 18.2 Å². The fourth-order valence-electron chi connectivity index (χ4n) is 1.60. The van der Waals surface area contributed by atoms with Crippen molar-refractivity contribution in [3.63, 3.8) is 0 Å². The van der Waals surface area contributed by atoms with E-state index in [1.807, 2.05) is 39.8 Å². The zero-order valence-corrected chi connectivity index (χ0v) is 12.0. The van der Waals surface area contributed by atoms with Crippen molar-refractivity contribution in [3.8, 4) is 11.8 Å². The number of carbonyl (C=O) groups is 1. The molecule has 2 N–H and O–H groups in total. The highest BCUT2D eigenvalue weighted by Crippen LogP contribution is 2.12. The van der Waals surface area contributed by atoms with E-state index in [9.17, 15) is 4.79 Å². The van der Waals surface area contributed by atoms with Gasteiger partial charge >= 0.3 is 0 Å². The van der Waals surface area contributed by atoms with Crippen LogP contribution in [0.3, 0.4) is 0 Å². The van der Waals surface area contributed by atoms with Crippen molar-refractivity contribution in [2.24, 2.45) is 0 Å². The van der Waals surface area contributed by atoms with Crippen molar-refractivity contribution in [2.75, 3.05) is 6.61 Å². The fraction of sp³-hybridized carbons (Fsp3) is 0.438. The van der Waals surface area contributed by atoms with Gasteiger partial charge in [-0.2, -0.15) is 0 Å². The predicted molar refractivity (Wildman–Crippen MR) is 77.0 cm³/mol. The molecule has 0 atom stereocenters. The first-order valence-corrected chi connectivity index (χ1v) is 6.42. The van der Waals surface area contributed by atoms with Crippen LogP contribution >= 0.6 is 0 Å². The van der Waals surface area contributed by atoms with Gasteiger partial charge in [-0.15, -0.1) is 0 Å². The molecule has 1 aromatic carbocycles. The molecule has 0 fully saturated rings. The van der Waals surface area contributed by atoms with E-state index in [2.05, 4.69) is 17.2 Å². The van der Waals surface area contributed by atoms with Crippen molar-refractivity contribution in [1.29, 1.82) is 0 Å². The molecule has 0 saturated carbocycles. The molecule has 0 spiro atoms. The monoisotopic (exact) mass is 259 g/mol. The SMILES string of the molecule is CCC(C)(C)NC(=O)c1cc(C)cc(C#CCO)c1. The molecule has 1 rings (SSSR count). The number of aliphatic hydroxyl groups excluding tert-OH is 1. The van der Waals surface area contributed by atoms with E-state index >= 15 is 0 Å². The summed E-state index contributed by atoms with van der Waals surface area (Å²) in [6, 6.07) is 5.48. The second-order valence-electron chi connectivity index (χ2n) is 5.24. The first-order chi connectivity index (χ1) is 8.88. The van der Waals surface area contributed by atoms with Gasteiger partial charge in [-0.25, -0.2) is 0 Å². The van der Waals surface area contributed by atoms with Gasteiger partial charge < -0.3 is 10.4 Å². The van der Waals surface area contributed by atoms with Crippen LogP contribution in [0.4, 0.5) is 0 Å². The maximum atomic E-state index is 12.2. The lowest BCUT2D eigenvalue weighted by atomic mass is 10.00. The minimum Gasteiger partial charge on any atom is -0.384 e. The molecule has 1 aromatic rings. The highest BCUT2D eigenvalue weighted by atomic mass is 16.2. The molecule has 0 aromatic heterocycles. The molecule has 0 aliphatic rings. The largest absolute Gasteiger partial charge is 0.384 e. The number of hydrogen-bond donors (Lipinski definition) is 2. The highest BCUT2D eigenvalue weighted by Gasteiger charge is 2.19. The van der Waals surface area contributed by atoms with Crippen molar-refractivity contribution in [1.82, 2.24) is 5.32 Å². The number of benzene rings is 1. The van der Waals surface area contributed by atoms with Crippen molar-refractivity contribution >= 4 is 5.91 Å². The summed E-state index contributed by atoms with van der Waals surface area (Å²) in [6.07, 6.45) is 0.863. The van der Waals surface area contributed by atoms with E-state index in [-0.39, 0.29) is 18.1 Å². The number of hydrogen-bond acceptors (Lipinski definition) is 2. The van der Waals surface area contributed by atoms with Crippen LogP contribution < -0.4 is 5.32 Å². The van der Waals surface area contributed by atoms with Gasteiger partial charge in [-0.05, 0) is 51.0 Å². The third-order valence-corrected chi connectivity index (χ3v) is 2.99. The molecule has 0 aliphatic heterocycles. The van der Waals surface area contributed by atoms with Crippen LogP contribution in [0, 0.1) is 18.8 Å². The Kier molecular flexibility index (Phi) is 5.14. The van der Waals surface area contributed by atoms with E-state index in [4.69, 9.17) is 5.11 Å². The minimum atomic E-state index is -0.224. The van der Waals surface area contributed by atoms with E-state index in [1.165, 1.54) is 0 Å². The quantitative estimate of drug-likeness (QED) is 0.818. The van der Waals surface area contributed by atoms with Crippen LogP contribution in [-0.2, 0) is 0 Å². The second-order valence-corrected chi connectivity index (χ2v) is 5.24. The Labute approximate surface area is 115 Å². The van der Waals surface area contributed by atoms with Gasteiger partial charge in [-0.1, -0.05) is 18.8 Å². The van der Waals surface area contributed by atoms with E-state index < -0.39 is 0 Å². The average Bonchev–Trinajstić information content (AvgIpc) is 2.35. The number of aliphatic hydroxyl groups is 1. The first-order valence-electron chi connectivity index (χ1n) is 6.42. The minimum absolute atomic E-state index is 0.0948. The Balaban J connectivity index is 3.00. The van der Waals surface area contributed by atoms with Crippen LogP contribution in [0.1, 0.15) is 48.7 Å². The molecule has 0 saturated heterocycles. The molecule has 1 amide bonds. The lowest BCUT2D eigenvalue weighted by molar-refractivity contribution is 0.0911. The summed E-state index contributed by atoms with van der Waals surface area (Å²) >= 11 is 0. The summed E-state index contributed by atoms with van der Waals surface area (Å²) < 4.78 is 0. The van der Waals surface area contributed by atoms with Gasteiger partial charge in [0.1, 0.15) is 6.61 Å². The Hall–Kier alpha value is -1.79. The summed E-state index contributed by atoms with van der Waals surface area (Å²) in [7, 11) is 0. The fourth-order valence-corrected chi connectivity index (χ4v) is 1.60. The van der Waals surface area contributed by atoms with Crippen molar-refractivity contribution in [2.45, 2.75) is 39.7 Å². The van der Waals surface area contributed by atoms with Crippen LogP contribution in [0.2, 0.25) is 0 Å². The van der Waals surface area contributed by atoms with Gasteiger partial charge in [-0.3, -0.25) is 4.79 Å². The van der Waals surface area contributed by atoms with Gasteiger partial charge in [0.05, 0.1) is 0 Å². The Morgan fingerprint density at radius 3 is 2.63 bits per heavy atom. The standard InChI is InChI=1S/C16H21NO2/c1-5-16(3,4)17-15(19)14-10-12(2)9-13(11-14)7-6-8-18/h9-11,18H,5,8H2,1-4H3,(H,17,19). The summed E-state index contributed by atoms with van der Waals surface area (Å²) in [5.41, 5.74) is 2.10. The van der Waals surface area contributed by atoms with Crippen LogP contribution in [0.5, 0.6) is 0 Å². The molecule has 102 valence electrons. The number of carbonyl (C=O) groups excluding carboxylic acids is 1. The number of amides is 1. The molecule has 3 heteroatoms. The summed E-state index contributed by atoms with van der Waals surface area (Å²) in [6.45, 7) is 7.76. The van der Waals surface area contributed by atoms with Gasteiger partial charge in [0, 0.05) is 16.7 Å². The Bertz CT molecular complexity index is 521. The third kappa shape index (κ3) is 4.76. The Morgan fingerprint density at radius 1 is 1.37 bits per heavy atom. The molecule has 3 nitrogen and oxygen atoms in total. The van der Waals surface area contributed by atoms with E-state index in [0.29, 0.717) is 5.56 Å². The first kappa shape index (κ1) is 15.3. The predicted octanol–water partition coefficient (Wildman–Crippen LogP) is 2.26. The Morgan fingerprint density at radius 2 is 2.05 bits per heavy atom. The number of nitrogens with one attached hydrogen (secondary N) is 1. The number of rotatable bonds is 3. The summed E-state index contributed by atoms with van der Waals surface area (Å²) in [5, 5.41) is 11.7. The molecule has 0 radical (unpaired) electrons. The topological polar surface area (TPSA) is 49.3 Å². The smallest absolute Gasteiger partial charge is 0.251 e. The maximum absolute atomic E-state index is 12.2. The summed E-state index contributed by atoms with van der Waals surface area (Å²) in [4.78, 5) is 12.2. The van der Waals surface area contributed by atoms with E-state index in [0.717, 1.165) is 17.5 Å². The summed E-state index contributed by atoms with van der Waals surface area (Å²) in [5.74, 6) is 5.32. The van der Waals surface area contributed by atoms with E-state index in [1.54, 1.807) is 6.07 Å². The molecular weight excluding hydrogens is 238 g/mol. The lowest BCUT2D eigenvalue weighted by Crippen LogP contribution is -2.42. The molecule has 19 heavy (non-hydrogen) atoms. The van der Waals surface area contributed by atoms with Crippen molar-refractivity contribution in [3.05, 3.63) is 34.9 Å². The maximum Gasteiger partial charge on any atom is 0.251 e. The zero-order valence-electron chi connectivity index (χ0n) is 12.0. The molecule has 0 unspecified atom stereocenters.